The Balaban J connectivity index is 3.19. The first-order valence-corrected chi connectivity index (χ1v) is 8.00. The molecule has 1 rings (SSSR count). The number of benzene rings is 1. The maximum Gasteiger partial charge on any atom is 0.516 e. The number of alkyl halides is 3. The lowest BCUT2D eigenvalue weighted by Crippen LogP contribution is -2.30. The molecule has 23 heavy (non-hydrogen) atoms. The van der Waals surface area contributed by atoms with Crippen LogP contribution in [-0.2, 0) is 14.9 Å². The van der Waals surface area contributed by atoms with Crippen LogP contribution in [-0.4, -0.2) is 26.2 Å². The Bertz CT molecular complexity index is 730. The smallest absolute Gasteiger partial charge is 0.391 e. The van der Waals surface area contributed by atoms with Crippen molar-refractivity contribution < 1.29 is 26.4 Å². The molecule has 0 unspecified atom stereocenters. The van der Waals surface area contributed by atoms with Crippen LogP contribution in [0.3, 0.4) is 0 Å². The van der Waals surface area contributed by atoms with Crippen molar-refractivity contribution in [1.29, 1.82) is 0 Å². The Hall–Kier alpha value is -1.74. The van der Waals surface area contributed by atoms with E-state index in [0.29, 0.717) is 5.57 Å². The molecule has 0 heterocycles. The summed E-state index contributed by atoms with van der Waals surface area (Å²) in [5.41, 5.74) is -4.86. The molecule has 0 bridgehead atoms. The summed E-state index contributed by atoms with van der Waals surface area (Å²) in [6.45, 7) is 6.85. The van der Waals surface area contributed by atoms with Crippen molar-refractivity contribution >= 4 is 33.0 Å². The lowest BCUT2D eigenvalue weighted by Gasteiger charge is -2.14. The van der Waals surface area contributed by atoms with Crippen LogP contribution in [0.5, 0.6) is 0 Å². The third-order valence-corrected chi connectivity index (χ3v) is 3.77. The quantitative estimate of drug-likeness (QED) is 0.469. The van der Waals surface area contributed by atoms with Gasteiger partial charge in [0.1, 0.15) is 6.61 Å². The summed E-state index contributed by atoms with van der Waals surface area (Å²) in [5.74, 6) is 0. The minimum absolute atomic E-state index is 0.0621. The standard InChI is InChI=1S/C13H14ClF3N2O3S/c1-8(2)7-22-18-9(3)11-6-10(14)4-5-12(11)19-23(20,21)13(15,16)17/h4-6,19H,1,7H2,2-3H3/b18-9+. The van der Waals surface area contributed by atoms with Crippen LogP contribution in [0.25, 0.3) is 0 Å². The maximum absolute atomic E-state index is 12.5. The summed E-state index contributed by atoms with van der Waals surface area (Å²) < 4.78 is 61.4. The molecule has 0 amide bonds. The van der Waals surface area contributed by atoms with Gasteiger partial charge in [0.2, 0.25) is 0 Å². The molecular weight excluding hydrogens is 357 g/mol. The highest BCUT2D eigenvalue weighted by atomic mass is 35.5. The van der Waals surface area contributed by atoms with E-state index in [1.807, 2.05) is 0 Å². The minimum Gasteiger partial charge on any atom is -0.391 e. The lowest BCUT2D eigenvalue weighted by molar-refractivity contribution is -0.0429. The Morgan fingerprint density at radius 3 is 2.52 bits per heavy atom. The Kier molecular flexibility index (Phi) is 6.06. The second-order valence-corrected chi connectivity index (χ2v) is 6.76. The maximum atomic E-state index is 12.5. The van der Waals surface area contributed by atoms with Crippen molar-refractivity contribution in [2.75, 3.05) is 11.3 Å². The topological polar surface area (TPSA) is 67.8 Å². The van der Waals surface area contributed by atoms with E-state index >= 15 is 0 Å². The fourth-order valence-corrected chi connectivity index (χ4v) is 2.15. The van der Waals surface area contributed by atoms with Crippen LogP contribution in [0.4, 0.5) is 18.9 Å². The summed E-state index contributed by atoms with van der Waals surface area (Å²) >= 11 is 5.80. The number of nitrogens with one attached hydrogen (secondary N) is 1. The second-order valence-electron chi connectivity index (χ2n) is 4.65. The number of rotatable bonds is 6. The number of hydrogen-bond acceptors (Lipinski definition) is 4. The Labute approximate surface area is 136 Å². The van der Waals surface area contributed by atoms with Gasteiger partial charge >= 0.3 is 15.5 Å². The van der Waals surface area contributed by atoms with E-state index in [9.17, 15) is 21.6 Å². The number of hydrogen-bond donors (Lipinski definition) is 1. The normalized spacial score (nSPS) is 12.9. The van der Waals surface area contributed by atoms with Crippen molar-refractivity contribution in [3.05, 3.63) is 40.9 Å². The van der Waals surface area contributed by atoms with Crippen molar-refractivity contribution in [2.24, 2.45) is 5.16 Å². The van der Waals surface area contributed by atoms with Gasteiger partial charge in [0.15, 0.2) is 0 Å². The molecule has 1 aromatic rings. The van der Waals surface area contributed by atoms with E-state index in [-0.39, 0.29) is 28.6 Å². The Morgan fingerprint density at radius 2 is 2.00 bits per heavy atom. The number of anilines is 1. The van der Waals surface area contributed by atoms with Gasteiger partial charge in [0, 0.05) is 10.6 Å². The van der Waals surface area contributed by atoms with E-state index in [1.165, 1.54) is 23.8 Å². The zero-order valence-electron chi connectivity index (χ0n) is 12.2. The minimum atomic E-state index is -5.56. The fourth-order valence-electron chi connectivity index (χ4n) is 1.40. The van der Waals surface area contributed by atoms with Crippen molar-refractivity contribution in [1.82, 2.24) is 0 Å². The predicted molar refractivity (Wildman–Crippen MR) is 83.0 cm³/mol. The van der Waals surface area contributed by atoms with Crippen LogP contribution in [0.2, 0.25) is 5.02 Å². The predicted octanol–water partition coefficient (Wildman–Crippen LogP) is 3.92. The van der Waals surface area contributed by atoms with E-state index < -0.39 is 15.5 Å². The van der Waals surface area contributed by atoms with Gasteiger partial charge in [0.05, 0.1) is 11.4 Å². The number of oxime groups is 1. The molecule has 1 N–H and O–H groups in total. The SMILES string of the molecule is C=C(C)CO/N=C(\C)c1cc(Cl)ccc1NS(=O)(=O)C(F)(F)F. The molecule has 10 heteroatoms. The second kappa shape index (κ2) is 7.22. The average molecular weight is 371 g/mol. The van der Waals surface area contributed by atoms with Gasteiger partial charge in [-0.05, 0) is 37.6 Å². The zero-order chi connectivity index (χ0) is 17.8. The van der Waals surface area contributed by atoms with Crippen LogP contribution < -0.4 is 4.72 Å². The highest BCUT2D eigenvalue weighted by Crippen LogP contribution is 2.28. The third kappa shape index (κ3) is 5.43. The third-order valence-electron chi connectivity index (χ3n) is 2.43. The summed E-state index contributed by atoms with van der Waals surface area (Å²) in [6.07, 6.45) is 0. The van der Waals surface area contributed by atoms with E-state index in [1.54, 1.807) is 6.92 Å². The first-order valence-electron chi connectivity index (χ1n) is 6.14. The zero-order valence-corrected chi connectivity index (χ0v) is 13.8. The summed E-state index contributed by atoms with van der Waals surface area (Å²) in [6, 6.07) is 3.64. The van der Waals surface area contributed by atoms with Gasteiger partial charge in [-0.15, -0.1) is 0 Å². The molecule has 128 valence electrons. The van der Waals surface area contributed by atoms with Gasteiger partial charge in [-0.3, -0.25) is 4.72 Å². The molecule has 0 aromatic heterocycles. The van der Waals surface area contributed by atoms with Gasteiger partial charge in [-0.2, -0.15) is 21.6 Å². The molecule has 0 radical (unpaired) electrons. The van der Waals surface area contributed by atoms with Crippen LogP contribution in [0.1, 0.15) is 19.4 Å². The highest BCUT2D eigenvalue weighted by Gasteiger charge is 2.46. The lowest BCUT2D eigenvalue weighted by atomic mass is 10.1. The molecule has 0 saturated carbocycles. The molecule has 0 aliphatic heterocycles. The molecule has 1 aromatic carbocycles. The first-order chi connectivity index (χ1) is 10.4. The molecule has 5 nitrogen and oxygen atoms in total. The monoisotopic (exact) mass is 370 g/mol. The van der Waals surface area contributed by atoms with Gasteiger partial charge in [0.25, 0.3) is 0 Å². The molecule has 0 fully saturated rings. The van der Waals surface area contributed by atoms with Crippen molar-refractivity contribution in [3.63, 3.8) is 0 Å². The number of halogens is 4. The van der Waals surface area contributed by atoms with E-state index in [2.05, 4.69) is 11.7 Å². The van der Waals surface area contributed by atoms with Crippen LogP contribution >= 0.6 is 11.6 Å². The average Bonchev–Trinajstić information content (AvgIpc) is 2.38. The highest BCUT2D eigenvalue weighted by molar-refractivity contribution is 7.93. The number of sulfonamides is 1. The number of nitrogens with zero attached hydrogens (tertiary/aromatic N) is 1. The van der Waals surface area contributed by atoms with E-state index in [4.69, 9.17) is 16.4 Å². The summed E-state index contributed by atoms with van der Waals surface area (Å²) in [7, 11) is -5.56. The van der Waals surface area contributed by atoms with Crippen LogP contribution in [0.15, 0.2) is 35.5 Å². The molecule has 0 saturated heterocycles. The van der Waals surface area contributed by atoms with E-state index in [0.717, 1.165) is 6.07 Å². The molecule has 0 atom stereocenters. The van der Waals surface area contributed by atoms with Gasteiger partial charge < -0.3 is 4.84 Å². The largest absolute Gasteiger partial charge is 0.516 e. The molecule has 0 aliphatic carbocycles. The molecule has 0 aliphatic rings. The van der Waals surface area contributed by atoms with Gasteiger partial charge in [-0.1, -0.05) is 23.3 Å². The van der Waals surface area contributed by atoms with Crippen molar-refractivity contribution in [3.8, 4) is 0 Å². The first kappa shape index (κ1) is 19.3. The Morgan fingerprint density at radius 1 is 1.39 bits per heavy atom. The van der Waals surface area contributed by atoms with Crippen LogP contribution in [0, 0.1) is 0 Å². The van der Waals surface area contributed by atoms with Crippen molar-refractivity contribution in [2.45, 2.75) is 19.4 Å². The fraction of sp³-hybridized carbons (Fsp3) is 0.308. The van der Waals surface area contributed by atoms with Gasteiger partial charge in [-0.25, -0.2) is 0 Å². The summed E-state index contributed by atoms with van der Waals surface area (Å²) in [4.78, 5) is 4.95. The molecular formula is C13H14ClF3N2O3S. The molecule has 0 spiro atoms. The summed E-state index contributed by atoms with van der Waals surface area (Å²) in [5, 5.41) is 3.91.